The fourth-order valence-electron chi connectivity index (χ4n) is 5.41. The van der Waals surface area contributed by atoms with Gasteiger partial charge in [-0.3, -0.25) is 4.90 Å². The number of benzene rings is 4. The van der Waals surface area contributed by atoms with Crippen LogP contribution in [0.1, 0.15) is 45.6 Å². The number of hydrogen-bond acceptors (Lipinski definition) is 4. The monoisotopic (exact) mass is 589 g/mol. The van der Waals surface area contributed by atoms with Crippen molar-refractivity contribution in [3.63, 3.8) is 0 Å². The molecule has 0 saturated carbocycles. The number of cyclic esters (lactones) is 1. The van der Waals surface area contributed by atoms with Crippen molar-refractivity contribution in [3.05, 3.63) is 111 Å². The van der Waals surface area contributed by atoms with Crippen LogP contribution in [0.4, 0.5) is 4.79 Å². The van der Waals surface area contributed by atoms with Gasteiger partial charge in [0.25, 0.3) is 0 Å². The highest BCUT2D eigenvalue weighted by molar-refractivity contribution is 6.34. The minimum absolute atomic E-state index is 0.241. The van der Waals surface area contributed by atoms with E-state index in [1.807, 2.05) is 57.2 Å². The molecule has 0 aromatic heterocycles. The quantitative estimate of drug-likeness (QED) is 0.233. The Balaban J connectivity index is 1.53. The molecule has 0 bridgehead atoms. The van der Waals surface area contributed by atoms with Crippen molar-refractivity contribution in [1.29, 1.82) is 0 Å². The summed E-state index contributed by atoms with van der Waals surface area (Å²) in [6, 6.07) is 22.1. The summed E-state index contributed by atoms with van der Waals surface area (Å²) < 4.78 is 11.6. The number of hydrogen-bond donors (Lipinski definition) is 1. The first-order valence-electron chi connectivity index (χ1n) is 13.1. The number of carbonyl (C=O) groups excluding carboxylic acids is 1. The lowest BCUT2D eigenvalue weighted by atomic mass is 9.92. The van der Waals surface area contributed by atoms with Gasteiger partial charge in [0.2, 0.25) is 0 Å². The number of carbonyl (C=O) groups is 2. The molecule has 0 radical (unpaired) electrons. The Labute approximate surface area is 249 Å². The Hall–Kier alpha value is -4.00. The number of halogens is 2. The molecule has 4 aromatic carbocycles. The van der Waals surface area contributed by atoms with Crippen molar-refractivity contribution in [2.24, 2.45) is 0 Å². The number of amides is 1. The minimum atomic E-state index is -0.963. The summed E-state index contributed by atoms with van der Waals surface area (Å²) in [4.78, 5) is 26.3. The van der Waals surface area contributed by atoms with Crippen LogP contribution in [0.25, 0.3) is 22.3 Å². The Bertz CT molecular complexity index is 1650. The first-order chi connectivity index (χ1) is 19.5. The second kappa shape index (κ2) is 11.5. The summed E-state index contributed by atoms with van der Waals surface area (Å²) in [7, 11) is 1.62. The van der Waals surface area contributed by atoms with Crippen molar-refractivity contribution in [2.75, 3.05) is 7.11 Å². The average molecular weight is 591 g/mol. The first-order valence-corrected chi connectivity index (χ1v) is 13.9. The smallest absolute Gasteiger partial charge is 0.411 e. The van der Waals surface area contributed by atoms with E-state index in [9.17, 15) is 14.7 Å². The number of nitrogens with zero attached hydrogens (tertiary/aromatic N) is 1. The maximum atomic E-state index is 13.1. The lowest BCUT2D eigenvalue weighted by molar-refractivity contribution is 0.0696. The number of ether oxygens (including phenoxy) is 2. The zero-order valence-electron chi connectivity index (χ0n) is 23.1. The third kappa shape index (κ3) is 5.76. The molecule has 1 saturated heterocycles. The van der Waals surface area contributed by atoms with Crippen LogP contribution in [-0.4, -0.2) is 35.2 Å². The van der Waals surface area contributed by atoms with E-state index >= 15 is 0 Å². The second-order valence-electron chi connectivity index (χ2n) is 10.3. The van der Waals surface area contributed by atoms with Gasteiger partial charge in [-0.15, -0.1) is 0 Å². The van der Waals surface area contributed by atoms with Gasteiger partial charge in [0.1, 0.15) is 11.9 Å². The van der Waals surface area contributed by atoms with E-state index < -0.39 is 18.2 Å². The largest absolute Gasteiger partial charge is 0.496 e. The molecule has 41 heavy (non-hydrogen) atoms. The molecule has 0 spiro atoms. The summed E-state index contributed by atoms with van der Waals surface area (Å²) >= 11 is 12.5. The van der Waals surface area contributed by atoms with Crippen LogP contribution in [0.5, 0.6) is 5.75 Å². The molecule has 1 aliphatic rings. The first kappa shape index (κ1) is 28.5. The predicted octanol–water partition coefficient (Wildman–Crippen LogP) is 8.73. The van der Waals surface area contributed by atoms with Crippen LogP contribution >= 0.6 is 23.2 Å². The molecule has 210 valence electrons. The molecule has 1 N–H and O–H groups in total. The van der Waals surface area contributed by atoms with Crippen molar-refractivity contribution in [1.82, 2.24) is 4.90 Å². The number of carboxylic acid groups (broad SMARTS) is 1. The third-order valence-corrected chi connectivity index (χ3v) is 7.92. The number of carboxylic acids is 1. The molecular weight excluding hydrogens is 561 g/mol. The SMILES string of the molecule is COc1ccc(-c2ccc(C(=O)O)cc2C)cc1-c1ccc(C)cc1CN1C(=O)O[C@H](c2cc(Cl)cc(Cl)c2)[C@@H]1C. The van der Waals surface area contributed by atoms with Gasteiger partial charge in [0, 0.05) is 15.6 Å². The molecule has 1 aliphatic heterocycles. The third-order valence-electron chi connectivity index (χ3n) is 7.48. The highest BCUT2D eigenvalue weighted by atomic mass is 35.5. The summed E-state index contributed by atoms with van der Waals surface area (Å²) in [5.41, 5.74) is 7.46. The molecular formula is C33H29Cl2NO5. The molecule has 1 heterocycles. The van der Waals surface area contributed by atoms with Crippen LogP contribution in [0, 0.1) is 13.8 Å². The lowest BCUT2D eigenvalue weighted by Gasteiger charge is -2.23. The van der Waals surface area contributed by atoms with Gasteiger partial charge in [0.15, 0.2) is 0 Å². The molecule has 4 aromatic rings. The molecule has 8 heteroatoms. The lowest BCUT2D eigenvalue weighted by Crippen LogP contribution is -2.31. The van der Waals surface area contributed by atoms with E-state index in [1.165, 1.54) is 0 Å². The van der Waals surface area contributed by atoms with Crippen LogP contribution in [-0.2, 0) is 11.3 Å². The normalized spacial score (nSPS) is 16.5. The van der Waals surface area contributed by atoms with Gasteiger partial charge in [-0.1, -0.05) is 59.1 Å². The Morgan fingerprint density at radius 3 is 2.29 bits per heavy atom. The zero-order valence-corrected chi connectivity index (χ0v) is 24.6. The fourth-order valence-corrected chi connectivity index (χ4v) is 5.95. The van der Waals surface area contributed by atoms with Crippen molar-refractivity contribution < 1.29 is 24.2 Å². The number of aryl methyl sites for hydroxylation is 2. The topological polar surface area (TPSA) is 76.1 Å². The predicted molar refractivity (Wildman–Crippen MR) is 161 cm³/mol. The van der Waals surface area contributed by atoms with Crippen LogP contribution in [0.2, 0.25) is 10.0 Å². The highest BCUT2D eigenvalue weighted by Gasteiger charge is 2.40. The molecule has 0 unspecified atom stereocenters. The van der Waals surface area contributed by atoms with Crippen molar-refractivity contribution in [3.8, 4) is 28.0 Å². The van der Waals surface area contributed by atoms with E-state index in [0.717, 1.165) is 44.5 Å². The van der Waals surface area contributed by atoms with Crippen molar-refractivity contribution >= 4 is 35.3 Å². The maximum Gasteiger partial charge on any atom is 0.411 e. The number of rotatable bonds is 7. The highest BCUT2D eigenvalue weighted by Crippen LogP contribution is 2.40. The number of methoxy groups -OCH3 is 1. The number of aromatic carboxylic acids is 1. The van der Waals surface area contributed by atoms with Crippen LogP contribution in [0.15, 0.2) is 72.8 Å². The van der Waals surface area contributed by atoms with Crippen LogP contribution in [0.3, 0.4) is 0 Å². The molecule has 6 nitrogen and oxygen atoms in total. The Morgan fingerprint density at radius 2 is 1.63 bits per heavy atom. The van der Waals surface area contributed by atoms with Gasteiger partial charge in [-0.25, -0.2) is 9.59 Å². The standard InChI is InChI=1S/C33H29Cl2NO5/c1-18-5-8-28(29-15-21(7-10-30(29)40-4)27-9-6-22(32(37)38)12-19(27)2)24(11-18)17-36-20(3)31(41-33(36)39)23-13-25(34)16-26(35)14-23/h5-16,20,31H,17H2,1-4H3,(H,37,38)/t20-,31-/m0/s1. The van der Waals surface area contributed by atoms with E-state index in [0.29, 0.717) is 22.3 Å². The fraction of sp³-hybridized carbons (Fsp3) is 0.212. The van der Waals surface area contributed by atoms with Crippen LogP contribution < -0.4 is 4.74 Å². The average Bonchev–Trinajstić information content (AvgIpc) is 3.20. The summed E-state index contributed by atoms with van der Waals surface area (Å²) in [5.74, 6) is -0.281. The van der Waals surface area contributed by atoms with Crippen molar-refractivity contribution in [2.45, 2.75) is 39.5 Å². The zero-order chi connectivity index (χ0) is 29.4. The Kier molecular flexibility index (Phi) is 7.98. The summed E-state index contributed by atoms with van der Waals surface area (Å²) in [5, 5.41) is 10.3. The molecule has 1 amide bonds. The van der Waals surface area contributed by atoms with Gasteiger partial charge in [-0.05, 0) is 96.6 Å². The van der Waals surface area contributed by atoms with E-state index in [-0.39, 0.29) is 11.6 Å². The molecule has 5 rings (SSSR count). The van der Waals surface area contributed by atoms with Gasteiger partial charge in [0.05, 0.1) is 25.3 Å². The molecule has 1 fully saturated rings. The van der Waals surface area contributed by atoms with Gasteiger partial charge >= 0.3 is 12.1 Å². The van der Waals surface area contributed by atoms with E-state index in [4.69, 9.17) is 32.7 Å². The maximum absolute atomic E-state index is 13.1. The molecule has 0 aliphatic carbocycles. The summed E-state index contributed by atoms with van der Waals surface area (Å²) in [6.07, 6.45) is -0.928. The van der Waals surface area contributed by atoms with Gasteiger partial charge < -0.3 is 14.6 Å². The second-order valence-corrected chi connectivity index (χ2v) is 11.2. The van der Waals surface area contributed by atoms with E-state index in [1.54, 1.807) is 42.3 Å². The van der Waals surface area contributed by atoms with E-state index in [2.05, 4.69) is 6.07 Å². The molecule has 2 atom stereocenters. The Morgan fingerprint density at radius 1 is 0.927 bits per heavy atom. The summed E-state index contributed by atoms with van der Waals surface area (Å²) in [6.45, 7) is 6.18. The van der Waals surface area contributed by atoms with Gasteiger partial charge in [-0.2, -0.15) is 0 Å². The minimum Gasteiger partial charge on any atom is -0.496 e.